The highest BCUT2D eigenvalue weighted by Gasteiger charge is 2.40. The van der Waals surface area contributed by atoms with Gasteiger partial charge in [0.25, 0.3) is 11.8 Å². The zero-order valence-corrected chi connectivity index (χ0v) is 17.1. The Bertz CT molecular complexity index is 1340. The van der Waals surface area contributed by atoms with Crippen molar-refractivity contribution < 1.29 is 19.1 Å². The van der Waals surface area contributed by atoms with Crippen LogP contribution >= 0.6 is 0 Å². The van der Waals surface area contributed by atoms with E-state index in [1.807, 2.05) is 24.3 Å². The van der Waals surface area contributed by atoms with Crippen LogP contribution in [0, 0.1) is 6.92 Å². The van der Waals surface area contributed by atoms with Gasteiger partial charge in [-0.2, -0.15) is 5.10 Å². The van der Waals surface area contributed by atoms with E-state index >= 15 is 0 Å². The second kappa shape index (κ2) is 6.94. The lowest BCUT2D eigenvalue weighted by atomic mass is 10.1. The van der Waals surface area contributed by atoms with Gasteiger partial charge in [0.2, 0.25) is 0 Å². The van der Waals surface area contributed by atoms with Gasteiger partial charge in [0.1, 0.15) is 11.5 Å². The minimum Gasteiger partial charge on any atom is -0.497 e. The first-order valence-electron chi connectivity index (χ1n) is 9.59. The summed E-state index contributed by atoms with van der Waals surface area (Å²) in [5.41, 5.74) is 2.97. The summed E-state index contributed by atoms with van der Waals surface area (Å²) in [5, 5.41) is 5.16. The molecule has 0 fully saturated rings. The molecule has 2 amide bonds. The molecule has 2 aromatic carbocycles. The fourth-order valence-electron chi connectivity index (χ4n) is 3.83. The fourth-order valence-corrected chi connectivity index (χ4v) is 3.83. The lowest BCUT2D eigenvalue weighted by molar-refractivity contribution is 0.0926. The van der Waals surface area contributed by atoms with E-state index < -0.39 is 11.8 Å². The van der Waals surface area contributed by atoms with Crippen molar-refractivity contribution in [2.24, 2.45) is 0 Å². The van der Waals surface area contributed by atoms with Crippen LogP contribution in [0.25, 0.3) is 16.7 Å². The SMILES string of the molecule is COc1ccc(N2C(=O)c3cnc4c(c(C)nn4-c4ccc(OC)cc4)c3C2=O)cc1. The van der Waals surface area contributed by atoms with Gasteiger partial charge in [0.05, 0.1) is 47.8 Å². The predicted molar refractivity (Wildman–Crippen MR) is 114 cm³/mol. The molecule has 0 radical (unpaired) electrons. The average Bonchev–Trinajstić information content (AvgIpc) is 3.27. The Morgan fingerprint density at radius 3 is 1.97 bits per heavy atom. The van der Waals surface area contributed by atoms with E-state index in [4.69, 9.17) is 9.47 Å². The number of hydrogen-bond donors (Lipinski definition) is 0. The molecule has 0 N–H and O–H groups in total. The molecule has 0 aliphatic carbocycles. The van der Waals surface area contributed by atoms with Gasteiger partial charge >= 0.3 is 0 Å². The lowest BCUT2D eigenvalue weighted by Gasteiger charge is -2.14. The minimum absolute atomic E-state index is 0.269. The average molecular weight is 414 g/mol. The number of nitrogens with zero attached hydrogens (tertiary/aromatic N) is 4. The third-order valence-corrected chi connectivity index (χ3v) is 5.37. The molecule has 0 bridgehead atoms. The van der Waals surface area contributed by atoms with Crippen molar-refractivity contribution in [3.05, 3.63) is 71.5 Å². The summed E-state index contributed by atoms with van der Waals surface area (Å²) < 4.78 is 12.0. The van der Waals surface area contributed by atoms with Crippen LogP contribution in [0.15, 0.2) is 54.7 Å². The number of carbonyl (C=O) groups is 2. The quantitative estimate of drug-likeness (QED) is 0.475. The molecule has 0 atom stereocenters. The van der Waals surface area contributed by atoms with Gasteiger partial charge in [-0.25, -0.2) is 14.6 Å². The molecule has 1 aliphatic rings. The smallest absolute Gasteiger partial charge is 0.267 e. The maximum Gasteiger partial charge on any atom is 0.267 e. The second-order valence-corrected chi connectivity index (χ2v) is 7.08. The van der Waals surface area contributed by atoms with Crippen LogP contribution in [-0.2, 0) is 0 Å². The lowest BCUT2D eigenvalue weighted by Crippen LogP contribution is -2.29. The molecular formula is C23H18N4O4. The Labute approximate surface area is 177 Å². The Kier molecular flexibility index (Phi) is 4.21. The van der Waals surface area contributed by atoms with Crippen molar-refractivity contribution in [2.45, 2.75) is 6.92 Å². The van der Waals surface area contributed by atoms with E-state index in [1.54, 1.807) is 50.1 Å². The number of pyridine rings is 1. The Balaban J connectivity index is 1.64. The Morgan fingerprint density at radius 2 is 1.39 bits per heavy atom. The van der Waals surface area contributed by atoms with Gasteiger partial charge in [-0.15, -0.1) is 0 Å². The van der Waals surface area contributed by atoms with Crippen molar-refractivity contribution >= 4 is 28.5 Å². The van der Waals surface area contributed by atoms with Crippen LogP contribution in [0.2, 0.25) is 0 Å². The highest BCUT2D eigenvalue weighted by molar-refractivity contribution is 6.37. The Hall–Kier alpha value is -4.20. The van der Waals surface area contributed by atoms with E-state index in [1.165, 1.54) is 6.20 Å². The van der Waals surface area contributed by atoms with Gasteiger partial charge < -0.3 is 9.47 Å². The number of imide groups is 1. The first-order valence-corrected chi connectivity index (χ1v) is 9.59. The molecule has 1 aliphatic heterocycles. The largest absolute Gasteiger partial charge is 0.497 e. The summed E-state index contributed by atoms with van der Waals surface area (Å²) in [4.78, 5) is 32.1. The standard InChI is InChI=1S/C23H18N4O4/c1-13-19-20-18(22(28)26(23(20)29)14-4-8-16(30-2)9-5-14)12-24-21(19)27(25-13)15-6-10-17(31-3)11-7-15/h4-12H,1-3H3. The van der Waals surface area contributed by atoms with Crippen LogP contribution in [0.4, 0.5) is 5.69 Å². The number of fused-ring (bicyclic) bond motifs is 3. The van der Waals surface area contributed by atoms with Gasteiger partial charge in [0.15, 0.2) is 5.65 Å². The van der Waals surface area contributed by atoms with E-state index in [9.17, 15) is 9.59 Å². The fraction of sp³-hybridized carbons (Fsp3) is 0.130. The summed E-state index contributed by atoms with van der Waals surface area (Å²) in [7, 11) is 3.16. The van der Waals surface area contributed by atoms with Crippen molar-refractivity contribution in [1.29, 1.82) is 0 Å². The molecule has 0 spiro atoms. The molecule has 4 aromatic rings. The van der Waals surface area contributed by atoms with Crippen molar-refractivity contribution in [2.75, 3.05) is 19.1 Å². The molecule has 2 aromatic heterocycles. The normalized spacial score (nSPS) is 13.1. The van der Waals surface area contributed by atoms with Crippen molar-refractivity contribution in [3.63, 3.8) is 0 Å². The first kappa shape index (κ1) is 18.8. The number of anilines is 1. The van der Waals surface area contributed by atoms with Crippen LogP contribution < -0.4 is 14.4 Å². The maximum absolute atomic E-state index is 13.4. The van der Waals surface area contributed by atoms with Gasteiger partial charge in [-0.05, 0) is 55.5 Å². The molecule has 3 heterocycles. The van der Waals surface area contributed by atoms with E-state index in [2.05, 4.69) is 10.1 Å². The highest BCUT2D eigenvalue weighted by atomic mass is 16.5. The molecule has 8 nitrogen and oxygen atoms in total. The van der Waals surface area contributed by atoms with Gasteiger partial charge in [-0.3, -0.25) is 9.59 Å². The number of ether oxygens (including phenoxy) is 2. The zero-order valence-electron chi connectivity index (χ0n) is 17.1. The molecule has 8 heteroatoms. The number of methoxy groups -OCH3 is 2. The zero-order chi connectivity index (χ0) is 21.7. The topological polar surface area (TPSA) is 86.6 Å². The third kappa shape index (κ3) is 2.76. The molecule has 154 valence electrons. The number of benzene rings is 2. The first-order chi connectivity index (χ1) is 15.0. The molecule has 0 saturated heterocycles. The number of aryl methyl sites for hydroxylation is 1. The third-order valence-electron chi connectivity index (χ3n) is 5.37. The van der Waals surface area contributed by atoms with Gasteiger partial charge in [-0.1, -0.05) is 0 Å². The molecule has 0 unspecified atom stereocenters. The van der Waals surface area contributed by atoms with Crippen LogP contribution in [0.5, 0.6) is 11.5 Å². The number of rotatable bonds is 4. The van der Waals surface area contributed by atoms with E-state index in [0.29, 0.717) is 33.7 Å². The summed E-state index contributed by atoms with van der Waals surface area (Å²) >= 11 is 0. The summed E-state index contributed by atoms with van der Waals surface area (Å²) in [6.07, 6.45) is 1.45. The van der Waals surface area contributed by atoms with E-state index in [0.717, 1.165) is 16.3 Å². The van der Waals surface area contributed by atoms with Crippen molar-refractivity contribution in [3.8, 4) is 17.2 Å². The predicted octanol–water partition coefficient (Wildman–Crippen LogP) is 3.55. The number of carbonyl (C=O) groups excluding carboxylic acids is 2. The number of aromatic nitrogens is 3. The number of amides is 2. The van der Waals surface area contributed by atoms with E-state index in [-0.39, 0.29) is 5.56 Å². The molecule has 5 rings (SSSR count). The maximum atomic E-state index is 13.4. The number of hydrogen-bond acceptors (Lipinski definition) is 6. The monoisotopic (exact) mass is 414 g/mol. The minimum atomic E-state index is -0.406. The summed E-state index contributed by atoms with van der Waals surface area (Å²) in [5.74, 6) is 0.564. The molecular weight excluding hydrogens is 396 g/mol. The van der Waals surface area contributed by atoms with Gasteiger partial charge in [0, 0.05) is 6.20 Å². The second-order valence-electron chi connectivity index (χ2n) is 7.08. The van der Waals surface area contributed by atoms with Crippen LogP contribution in [-0.4, -0.2) is 40.8 Å². The van der Waals surface area contributed by atoms with Crippen LogP contribution in [0.3, 0.4) is 0 Å². The van der Waals surface area contributed by atoms with Crippen LogP contribution in [0.1, 0.15) is 26.4 Å². The van der Waals surface area contributed by atoms with Crippen molar-refractivity contribution in [1.82, 2.24) is 14.8 Å². The highest BCUT2D eigenvalue weighted by Crippen LogP contribution is 2.35. The summed E-state index contributed by atoms with van der Waals surface area (Å²) in [6, 6.07) is 14.1. The molecule has 31 heavy (non-hydrogen) atoms. The molecule has 0 saturated carbocycles. The summed E-state index contributed by atoms with van der Waals surface area (Å²) in [6.45, 7) is 1.80. The Morgan fingerprint density at radius 1 is 0.806 bits per heavy atom.